The van der Waals surface area contributed by atoms with Gasteiger partial charge < -0.3 is 5.32 Å². The van der Waals surface area contributed by atoms with E-state index in [-0.39, 0.29) is 6.04 Å². The molecule has 1 N–H and O–H groups in total. The first-order valence-electron chi connectivity index (χ1n) is 7.81. The Labute approximate surface area is 132 Å². The SMILES string of the molecule is CCCc1nnsc1C(NCC)c1ccc(C(C)C)cc1. The summed E-state index contributed by atoms with van der Waals surface area (Å²) in [4.78, 5) is 1.26. The van der Waals surface area contributed by atoms with Gasteiger partial charge in [-0.3, -0.25) is 0 Å². The predicted octanol–water partition coefficient (Wildman–Crippen LogP) is 4.31. The third kappa shape index (κ3) is 3.89. The van der Waals surface area contributed by atoms with E-state index in [1.54, 1.807) is 0 Å². The van der Waals surface area contributed by atoms with Crippen molar-refractivity contribution < 1.29 is 0 Å². The lowest BCUT2D eigenvalue weighted by molar-refractivity contribution is 0.630. The Morgan fingerprint density at radius 1 is 1.10 bits per heavy atom. The fraction of sp³-hybridized carbons (Fsp3) is 0.529. The molecule has 0 spiro atoms. The second kappa shape index (κ2) is 7.66. The molecule has 2 aromatic rings. The lowest BCUT2D eigenvalue weighted by Crippen LogP contribution is -2.22. The van der Waals surface area contributed by atoms with Gasteiger partial charge in [-0.2, -0.15) is 0 Å². The van der Waals surface area contributed by atoms with Gasteiger partial charge in [0, 0.05) is 0 Å². The van der Waals surface area contributed by atoms with Gasteiger partial charge in [0.15, 0.2) is 0 Å². The van der Waals surface area contributed by atoms with Crippen LogP contribution >= 0.6 is 11.5 Å². The van der Waals surface area contributed by atoms with Crippen LogP contribution in [0.15, 0.2) is 24.3 Å². The summed E-state index contributed by atoms with van der Waals surface area (Å²) >= 11 is 1.52. The lowest BCUT2D eigenvalue weighted by Gasteiger charge is -2.18. The highest BCUT2D eigenvalue weighted by Crippen LogP contribution is 2.28. The molecule has 1 atom stereocenters. The van der Waals surface area contributed by atoms with Gasteiger partial charge in [0.25, 0.3) is 0 Å². The fourth-order valence-electron chi connectivity index (χ4n) is 2.48. The fourth-order valence-corrected chi connectivity index (χ4v) is 3.28. The first kappa shape index (κ1) is 16.1. The summed E-state index contributed by atoms with van der Waals surface area (Å²) in [5.41, 5.74) is 3.82. The molecule has 0 amide bonds. The summed E-state index contributed by atoms with van der Waals surface area (Å²) in [6.07, 6.45) is 2.10. The average molecular weight is 303 g/mol. The second-order valence-electron chi connectivity index (χ2n) is 5.65. The number of nitrogens with one attached hydrogen (secondary N) is 1. The van der Waals surface area contributed by atoms with E-state index in [1.165, 1.54) is 27.5 Å². The van der Waals surface area contributed by atoms with Crippen LogP contribution in [0.4, 0.5) is 0 Å². The zero-order chi connectivity index (χ0) is 15.2. The Morgan fingerprint density at radius 3 is 2.33 bits per heavy atom. The van der Waals surface area contributed by atoms with Crippen LogP contribution in [0, 0.1) is 0 Å². The van der Waals surface area contributed by atoms with Crippen molar-refractivity contribution in [1.29, 1.82) is 0 Å². The van der Waals surface area contributed by atoms with Crippen LogP contribution in [-0.4, -0.2) is 16.1 Å². The van der Waals surface area contributed by atoms with Crippen molar-refractivity contribution in [2.24, 2.45) is 0 Å². The molecule has 21 heavy (non-hydrogen) atoms. The highest BCUT2D eigenvalue weighted by molar-refractivity contribution is 7.05. The van der Waals surface area contributed by atoms with Gasteiger partial charge in [0.05, 0.1) is 16.6 Å². The summed E-state index contributed by atoms with van der Waals surface area (Å²) in [5.74, 6) is 0.567. The molecule has 1 aromatic carbocycles. The second-order valence-corrected chi connectivity index (χ2v) is 6.43. The average Bonchev–Trinajstić information content (AvgIpc) is 2.93. The van der Waals surface area contributed by atoms with Gasteiger partial charge >= 0.3 is 0 Å². The summed E-state index contributed by atoms with van der Waals surface area (Å²) in [6.45, 7) is 9.71. The minimum atomic E-state index is 0.206. The first-order valence-corrected chi connectivity index (χ1v) is 8.59. The van der Waals surface area contributed by atoms with Crippen LogP contribution in [0.3, 0.4) is 0 Å². The molecular weight excluding hydrogens is 278 g/mol. The van der Waals surface area contributed by atoms with Gasteiger partial charge in [0.1, 0.15) is 0 Å². The maximum atomic E-state index is 4.31. The summed E-state index contributed by atoms with van der Waals surface area (Å²) < 4.78 is 4.17. The van der Waals surface area contributed by atoms with Crippen LogP contribution < -0.4 is 5.32 Å². The smallest absolute Gasteiger partial charge is 0.0807 e. The molecule has 0 aliphatic rings. The van der Waals surface area contributed by atoms with Gasteiger partial charge in [-0.25, -0.2) is 0 Å². The summed E-state index contributed by atoms with van der Waals surface area (Å²) in [7, 11) is 0. The van der Waals surface area contributed by atoms with Crippen molar-refractivity contribution in [3.05, 3.63) is 46.0 Å². The van der Waals surface area contributed by atoms with E-state index in [0.717, 1.165) is 25.1 Å². The van der Waals surface area contributed by atoms with Crippen molar-refractivity contribution in [2.75, 3.05) is 6.54 Å². The molecule has 0 aliphatic heterocycles. The molecule has 0 saturated carbocycles. The first-order chi connectivity index (χ1) is 10.2. The van der Waals surface area contributed by atoms with E-state index < -0.39 is 0 Å². The van der Waals surface area contributed by atoms with Crippen molar-refractivity contribution in [2.45, 2.75) is 52.5 Å². The Kier molecular flexibility index (Phi) is 5.88. The minimum Gasteiger partial charge on any atom is -0.306 e. The third-order valence-corrected chi connectivity index (χ3v) is 4.51. The molecule has 1 unspecified atom stereocenters. The maximum Gasteiger partial charge on any atom is 0.0807 e. The van der Waals surface area contributed by atoms with E-state index >= 15 is 0 Å². The number of nitrogens with zero attached hydrogens (tertiary/aromatic N) is 2. The molecule has 0 fully saturated rings. The molecule has 0 aliphatic carbocycles. The normalized spacial score (nSPS) is 12.8. The van der Waals surface area contributed by atoms with Crippen LogP contribution in [0.25, 0.3) is 0 Å². The topological polar surface area (TPSA) is 37.8 Å². The molecule has 114 valence electrons. The number of benzene rings is 1. The van der Waals surface area contributed by atoms with Crippen LogP contribution in [0.2, 0.25) is 0 Å². The van der Waals surface area contributed by atoms with Gasteiger partial charge in [0.2, 0.25) is 0 Å². The Hall–Kier alpha value is -1.26. The Balaban J connectivity index is 2.31. The highest BCUT2D eigenvalue weighted by atomic mass is 32.1. The van der Waals surface area contributed by atoms with E-state index in [1.807, 2.05) is 0 Å². The maximum absolute atomic E-state index is 4.31. The summed E-state index contributed by atoms with van der Waals surface area (Å²) in [5, 5.41) is 7.89. The number of hydrogen-bond acceptors (Lipinski definition) is 4. The van der Waals surface area contributed by atoms with E-state index in [0.29, 0.717) is 5.92 Å². The van der Waals surface area contributed by atoms with Crippen LogP contribution in [0.1, 0.15) is 67.8 Å². The van der Waals surface area contributed by atoms with Crippen LogP contribution in [0.5, 0.6) is 0 Å². The van der Waals surface area contributed by atoms with Gasteiger partial charge in [-0.1, -0.05) is 62.9 Å². The van der Waals surface area contributed by atoms with Crippen LogP contribution in [-0.2, 0) is 6.42 Å². The molecule has 0 bridgehead atoms. The summed E-state index contributed by atoms with van der Waals surface area (Å²) in [6, 6.07) is 9.14. The Bertz CT molecular complexity index is 545. The van der Waals surface area contributed by atoms with Gasteiger partial charge in [-0.15, -0.1) is 5.10 Å². The number of aryl methyl sites for hydroxylation is 1. The molecule has 0 radical (unpaired) electrons. The molecule has 4 heteroatoms. The highest BCUT2D eigenvalue weighted by Gasteiger charge is 2.20. The van der Waals surface area contributed by atoms with Crippen molar-refractivity contribution in [1.82, 2.24) is 14.9 Å². The van der Waals surface area contributed by atoms with E-state index in [2.05, 4.69) is 66.9 Å². The zero-order valence-electron chi connectivity index (χ0n) is 13.4. The minimum absolute atomic E-state index is 0.206. The molecule has 1 heterocycles. The molecular formula is C17H25N3S. The standard InChI is InChI=1S/C17H25N3S/c1-5-7-15-17(21-20-19-15)16(18-6-2)14-10-8-13(9-11-14)12(3)4/h8-12,16,18H,5-7H2,1-4H3. The van der Waals surface area contributed by atoms with E-state index in [4.69, 9.17) is 0 Å². The Morgan fingerprint density at radius 2 is 1.76 bits per heavy atom. The number of aromatic nitrogens is 2. The molecule has 0 saturated heterocycles. The zero-order valence-corrected chi connectivity index (χ0v) is 14.2. The largest absolute Gasteiger partial charge is 0.306 e. The lowest BCUT2D eigenvalue weighted by atomic mass is 9.97. The quantitative estimate of drug-likeness (QED) is 0.828. The van der Waals surface area contributed by atoms with Crippen molar-refractivity contribution >= 4 is 11.5 Å². The monoisotopic (exact) mass is 303 g/mol. The third-order valence-electron chi connectivity index (χ3n) is 3.68. The number of hydrogen-bond donors (Lipinski definition) is 1. The van der Waals surface area contributed by atoms with E-state index in [9.17, 15) is 0 Å². The molecule has 3 nitrogen and oxygen atoms in total. The van der Waals surface area contributed by atoms with Crippen molar-refractivity contribution in [3.8, 4) is 0 Å². The molecule has 1 aromatic heterocycles. The molecule has 2 rings (SSSR count). The predicted molar refractivity (Wildman–Crippen MR) is 90.0 cm³/mol. The van der Waals surface area contributed by atoms with Gasteiger partial charge in [-0.05, 0) is 41.5 Å². The van der Waals surface area contributed by atoms with Crippen molar-refractivity contribution in [3.63, 3.8) is 0 Å². The number of rotatable bonds is 7.